The van der Waals surface area contributed by atoms with Crippen LogP contribution in [0.15, 0.2) is 0 Å². The lowest BCUT2D eigenvalue weighted by Crippen LogP contribution is -2.05. The molecule has 0 rings (SSSR count). The van der Waals surface area contributed by atoms with Crippen molar-refractivity contribution < 1.29 is 4.79 Å². The zero-order chi connectivity index (χ0) is 6.57. The van der Waals surface area contributed by atoms with Crippen molar-refractivity contribution in [3.63, 3.8) is 0 Å². The van der Waals surface area contributed by atoms with Gasteiger partial charge in [-0.2, -0.15) is 0 Å². The number of rotatable bonds is 2. The molecule has 0 atom stereocenters. The Balaban J connectivity index is 3.05. The minimum Gasteiger partial charge on any atom is -0.288 e. The molecular weight excluding hydrogens is 136 g/mol. The van der Waals surface area contributed by atoms with Gasteiger partial charge in [0.1, 0.15) is 0 Å². The van der Waals surface area contributed by atoms with Gasteiger partial charge in [0, 0.05) is 15.7 Å². The molecule has 0 aromatic rings. The Kier molecular flexibility index (Phi) is 4.27. The van der Waals surface area contributed by atoms with Crippen molar-refractivity contribution in [2.45, 2.75) is 20.0 Å². The smallest absolute Gasteiger partial charge is 0.185 e. The quantitative estimate of drug-likeness (QED) is 0.549. The predicted octanol–water partition coefficient (Wildman–Crippen LogP) is 1.29. The molecule has 8 heavy (non-hydrogen) atoms. The van der Waals surface area contributed by atoms with Crippen LogP contribution in [0.1, 0.15) is 6.92 Å². The average Bonchev–Trinajstić information content (AvgIpc) is 1.61. The second-order valence-corrected chi connectivity index (χ2v) is 7.18. The molecule has 0 spiro atoms. The second-order valence-electron chi connectivity index (χ2n) is 2.20. The van der Waals surface area contributed by atoms with Gasteiger partial charge in [0.05, 0.1) is 0 Å². The first kappa shape index (κ1) is 8.24. The van der Waals surface area contributed by atoms with Crippen molar-refractivity contribution >= 4 is 25.7 Å². The van der Waals surface area contributed by atoms with Gasteiger partial charge in [0.2, 0.25) is 0 Å². The molecule has 0 aliphatic rings. The van der Waals surface area contributed by atoms with Gasteiger partial charge < -0.3 is 0 Å². The molecule has 0 radical (unpaired) electrons. The molecule has 0 amide bonds. The number of hydrogen-bond acceptors (Lipinski definition) is 2. The van der Waals surface area contributed by atoms with Crippen molar-refractivity contribution in [1.29, 1.82) is 0 Å². The third kappa shape index (κ3) is 6.24. The first-order valence-corrected chi connectivity index (χ1v) is 6.87. The molecule has 0 saturated heterocycles. The van der Waals surface area contributed by atoms with Crippen LogP contribution >= 0.6 is 11.8 Å². The molecule has 1 nitrogen and oxygen atoms in total. The molecule has 3 heteroatoms. The molecular formula is C5H12OSSi. The first-order valence-electron chi connectivity index (χ1n) is 2.76. The van der Waals surface area contributed by atoms with E-state index >= 15 is 0 Å². The summed E-state index contributed by atoms with van der Waals surface area (Å²) in [5, 5.41) is 1.35. The highest BCUT2D eigenvalue weighted by Crippen LogP contribution is 2.01. The van der Waals surface area contributed by atoms with Gasteiger partial charge in [-0.1, -0.05) is 24.9 Å². The van der Waals surface area contributed by atoms with E-state index in [1.165, 1.54) is 11.8 Å². The van der Waals surface area contributed by atoms with E-state index in [0.717, 1.165) is 5.38 Å². The molecule has 0 heterocycles. The molecule has 0 aliphatic carbocycles. The van der Waals surface area contributed by atoms with Gasteiger partial charge in [0.25, 0.3) is 0 Å². The summed E-state index contributed by atoms with van der Waals surface area (Å²) in [4.78, 5) is 10.3. The van der Waals surface area contributed by atoms with Crippen molar-refractivity contribution in [1.82, 2.24) is 0 Å². The van der Waals surface area contributed by atoms with Crippen LogP contribution in [0.25, 0.3) is 0 Å². The monoisotopic (exact) mass is 148 g/mol. The fraction of sp³-hybridized carbons (Fsp3) is 0.800. The standard InChI is InChI=1S/C5H12OSSi/c1-5(6)7-4-8(2)3/h8H,4H2,1-3H3. The van der Waals surface area contributed by atoms with Crippen molar-refractivity contribution in [2.75, 3.05) is 5.38 Å². The van der Waals surface area contributed by atoms with Gasteiger partial charge in [-0.25, -0.2) is 0 Å². The van der Waals surface area contributed by atoms with E-state index in [9.17, 15) is 4.79 Å². The topological polar surface area (TPSA) is 17.1 Å². The highest BCUT2D eigenvalue weighted by Gasteiger charge is 1.97. The summed E-state index contributed by atoms with van der Waals surface area (Å²) in [7, 11) is -0.485. The summed E-state index contributed by atoms with van der Waals surface area (Å²) >= 11 is 1.46. The van der Waals surface area contributed by atoms with E-state index in [-0.39, 0.29) is 5.12 Å². The molecule has 48 valence electrons. The summed E-state index contributed by atoms with van der Waals surface area (Å²) < 4.78 is 0. The fourth-order valence-electron chi connectivity index (χ4n) is 0.284. The number of carbonyl (C=O) groups is 1. The van der Waals surface area contributed by atoms with Gasteiger partial charge in [-0.05, 0) is 5.38 Å². The Labute approximate surface area is 56.5 Å². The van der Waals surface area contributed by atoms with Crippen LogP contribution in [-0.2, 0) is 4.79 Å². The Morgan fingerprint density at radius 2 is 2.12 bits per heavy atom. The predicted molar refractivity (Wildman–Crippen MR) is 42.0 cm³/mol. The Bertz CT molecular complexity index is 82.5. The largest absolute Gasteiger partial charge is 0.288 e. The normalized spacial score (nSPS) is 10.0. The summed E-state index contributed by atoms with van der Waals surface area (Å²) in [6.45, 7) is 6.12. The SMILES string of the molecule is CC(=O)SC[SiH](C)C. The van der Waals surface area contributed by atoms with E-state index in [1.807, 2.05) is 0 Å². The molecule has 0 aromatic heterocycles. The summed E-state index contributed by atoms with van der Waals surface area (Å²) in [6, 6.07) is 0. The summed E-state index contributed by atoms with van der Waals surface area (Å²) in [6.07, 6.45) is 0. The zero-order valence-electron chi connectivity index (χ0n) is 5.60. The highest BCUT2D eigenvalue weighted by molar-refractivity contribution is 8.14. The maximum absolute atomic E-state index is 10.3. The number of thioether (sulfide) groups is 1. The second kappa shape index (κ2) is 4.15. The Hall–Kier alpha value is 0.237. The van der Waals surface area contributed by atoms with Crippen LogP contribution < -0.4 is 0 Å². The molecule has 0 fully saturated rings. The van der Waals surface area contributed by atoms with Crippen LogP contribution in [0, 0.1) is 0 Å². The van der Waals surface area contributed by atoms with Crippen molar-refractivity contribution in [3.8, 4) is 0 Å². The highest BCUT2D eigenvalue weighted by atomic mass is 32.2. The molecule has 0 aromatic carbocycles. The van der Waals surface area contributed by atoms with Crippen molar-refractivity contribution in [3.05, 3.63) is 0 Å². The summed E-state index contributed by atoms with van der Waals surface area (Å²) in [5.41, 5.74) is 0. The Morgan fingerprint density at radius 1 is 1.62 bits per heavy atom. The molecule has 0 N–H and O–H groups in total. The maximum Gasteiger partial charge on any atom is 0.185 e. The van der Waals surface area contributed by atoms with Crippen LogP contribution in [0.5, 0.6) is 0 Å². The maximum atomic E-state index is 10.3. The lowest BCUT2D eigenvalue weighted by molar-refractivity contribution is -0.109. The molecule has 0 bridgehead atoms. The van der Waals surface area contributed by atoms with Crippen LogP contribution in [0.3, 0.4) is 0 Å². The van der Waals surface area contributed by atoms with Crippen LogP contribution in [-0.4, -0.2) is 19.3 Å². The lowest BCUT2D eigenvalue weighted by atomic mass is 10.9. The third-order valence-corrected chi connectivity index (χ3v) is 4.36. The van der Waals surface area contributed by atoms with Crippen molar-refractivity contribution in [2.24, 2.45) is 0 Å². The Morgan fingerprint density at radius 3 is 2.25 bits per heavy atom. The fourth-order valence-corrected chi connectivity index (χ4v) is 2.56. The lowest BCUT2D eigenvalue weighted by Gasteiger charge is -1.96. The number of hydrogen-bond donors (Lipinski definition) is 0. The van der Waals surface area contributed by atoms with E-state index < -0.39 is 8.80 Å². The van der Waals surface area contributed by atoms with Crippen LogP contribution in [0.4, 0.5) is 0 Å². The van der Waals surface area contributed by atoms with E-state index in [4.69, 9.17) is 0 Å². The minimum atomic E-state index is -0.485. The van der Waals surface area contributed by atoms with Gasteiger partial charge in [-0.3, -0.25) is 4.79 Å². The van der Waals surface area contributed by atoms with E-state index in [2.05, 4.69) is 13.1 Å². The zero-order valence-corrected chi connectivity index (χ0v) is 7.57. The summed E-state index contributed by atoms with van der Waals surface area (Å²) in [5.74, 6) is 0. The molecule has 0 unspecified atom stereocenters. The first-order chi connectivity index (χ1) is 3.63. The molecule has 0 aliphatic heterocycles. The molecule has 0 saturated carbocycles. The van der Waals surface area contributed by atoms with Gasteiger partial charge >= 0.3 is 0 Å². The van der Waals surface area contributed by atoms with Crippen LogP contribution in [0.2, 0.25) is 13.1 Å². The van der Waals surface area contributed by atoms with E-state index in [0.29, 0.717) is 0 Å². The van der Waals surface area contributed by atoms with E-state index in [1.54, 1.807) is 6.92 Å². The van der Waals surface area contributed by atoms with Gasteiger partial charge in [-0.15, -0.1) is 0 Å². The minimum absolute atomic E-state index is 0.256. The number of carbonyl (C=O) groups excluding carboxylic acids is 1. The average molecular weight is 148 g/mol. The van der Waals surface area contributed by atoms with Gasteiger partial charge in [0.15, 0.2) is 5.12 Å². The third-order valence-electron chi connectivity index (χ3n) is 0.620.